The van der Waals surface area contributed by atoms with Crippen molar-refractivity contribution in [2.24, 2.45) is 0 Å². The van der Waals surface area contributed by atoms with E-state index in [4.69, 9.17) is 0 Å². The van der Waals surface area contributed by atoms with Crippen LogP contribution in [0, 0.1) is 3.95 Å². The third kappa shape index (κ3) is 2.89. The second-order valence-electron chi connectivity index (χ2n) is 1.69. The van der Waals surface area contributed by atoms with Gasteiger partial charge < -0.3 is 5.32 Å². The number of nitrogens with one attached hydrogen (secondary N) is 2. The van der Waals surface area contributed by atoms with Crippen LogP contribution in [0.25, 0.3) is 0 Å². The normalized spacial score (nSPS) is 10.5. The molecule has 0 unspecified atom stereocenters. The molecule has 1 aromatic heterocycles. The zero-order valence-corrected chi connectivity index (χ0v) is 6.94. The molecule has 0 aromatic carbocycles. The van der Waals surface area contributed by atoms with Crippen LogP contribution in [0.1, 0.15) is 0 Å². The highest BCUT2D eigenvalue weighted by Crippen LogP contribution is 2.10. The lowest BCUT2D eigenvalue weighted by Gasteiger charge is -1.97. The molecule has 1 rings (SSSR count). The Morgan fingerprint density at radius 3 is 2.91 bits per heavy atom. The fourth-order valence-electron chi connectivity index (χ4n) is 0.470. The molecule has 0 saturated heterocycles. The van der Waals surface area contributed by atoms with Crippen LogP contribution in [0.5, 0.6) is 0 Å². The summed E-state index contributed by atoms with van der Waals surface area (Å²) in [5.41, 5.74) is 0. The highest BCUT2D eigenvalue weighted by atomic mass is 32.1. The molecule has 2 N–H and O–H groups in total. The summed E-state index contributed by atoms with van der Waals surface area (Å²) in [5.74, 6) is 0. The molecule has 7 heteroatoms. The zero-order valence-electron chi connectivity index (χ0n) is 5.30. The van der Waals surface area contributed by atoms with Crippen molar-refractivity contribution < 1.29 is 8.78 Å². The highest BCUT2D eigenvalue weighted by Gasteiger charge is 2.02. The first kappa shape index (κ1) is 8.54. The van der Waals surface area contributed by atoms with Gasteiger partial charge in [-0.05, 0) is 12.2 Å². The Kier molecular flexibility index (Phi) is 2.89. The number of rotatable bonds is 3. The molecule has 62 valence electrons. The molecule has 1 aromatic rings. The summed E-state index contributed by atoms with van der Waals surface area (Å²) in [5, 5.41) is 8.92. The summed E-state index contributed by atoms with van der Waals surface area (Å²) in [7, 11) is 0. The van der Waals surface area contributed by atoms with E-state index in [1.165, 1.54) is 0 Å². The topological polar surface area (TPSA) is 40.7 Å². The van der Waals surface area contributed by atoms with E-state index in [0.29, 0.717) is 9.09 Å². The molecule has 0 radical (unpaired) electrons. The molecule has 0 bridgehead atoms. The van der Waals surface area contributed by atoms with E-state index >= 15 is 0 Å². The molecule has 0 saturated carbocycles. The molecule has 3 nitrogen and oxygen atoms in total. The minimum atomic E-state index is -2.37. The number of halogens is 2. The van der Waals surface area contributed by atoms with Gasteiger partial charge in [-0.3, -0.25) is 5.10 Å². The summed E-state index contributed by atoms with van der Waals surface area (Å²) >= 11 is 5.82. The average molecular weight is 197 g/mol. The average Bonchev–Trinajstić information content (AvgIpc) is 2.31. The molecular weight excluding hydrogens is 192 g/mol. The Morgan fingerprint density at radius 2 is 2.45 bits per heavy atom. The zero-order chi connectivity index (χ0) is 8.27. The molecule has 0 aliphatic rings. The number of aromatic amines is 1. The number of H-pyrrole nitrogens is 1. The van der Waals surface area contributed by atoms with Gasteiger partial charge in [-0.2, -0.15) is 0 Å². The van der Waals surface area contributed by atoms with Gasteiger partial charge in [0, 0.05) is 0 Å². The Balaban J connectivity index is 2.45. The van der Waals surface area contributed by atoms with Crippen molar-refractivity contribution in [2.75, 3.05) is 11.9 Å². The van der Waals surface area contributed by atoms with Crippen LogP contribution in [-0.4, -0.2) is 23.2 Å². The van der Waals surface area contributed by atoms with Crippen molar-refractivity contribution in [1.29, 1.82) is 0 Å². The predicted molar refractivity (Wildman–Crippen MR) is 41.8 cm³/mol. The van der Waals surface area contributed by atoms with Gasteiger partial charge >= 0.3 is 0 Å². The second kappa shape index (κ2) is 3.72. The van der Waals surface area contributed by atoms with E-state index in [1.54, 1.807) is 0 Å². The molecule has 0 amide bonds. The molecule has 0 aliphatic carbocycles. The molecule has 0 aliphatic heterocycles. The quantitative estimate of drug-likeness (QED) is 0.727. The van der Waals surface area contributed by atoms with Crippen molar-refractivity contribution >= 4 is 28.7 Å². The Hall–Kier alpha value is -0.560. The monoisotopic (exact) mass is 197 g/mol. The van der Waals surface area contributed by atoms with E-state index in [1.807, 2.05) is 0 Å². The van der Waals surface area contributed by atoms with E-state index in [9.17, 15) is 8.78 Å². The third-order valence-electron chi connectivity index (χ3n) is 0.846. The fraction of sp³-hybridized carbons (Fsp3) is 0.500. The number of hydrogen-bond donors (Lipinski definition) is 2. The van der Waals surface area contributed by atoms with Gasteiger partial charge in [0.25, 0.3) is 6.43 Å². The maximum absolute atomic E-state index is 11.6. The molecule has 0 spiro atoms. The van der Waals surface area contributed by atoms with Crippen LogP contribution >= 0.6 is 23.6 Å². The van der Waals surface area contributed by atoms with Crippen LogP contribution in [0.15, 0.2) is 0 Å². The van der Waals surface area contributed by atoms with E-state index in [2.05, 4.69) is 27.7 Å². The number of aromatic nitrogens is 2. The summed E-state index contributed by atoms with van der Waals surface area (Å²) in [6.45, 7) is -0.393. The van der Waals surface area contributed by atoms with Gasteiger partial charge in [-0.15, -0.1) is 5.10 Å². The van der Waals surface area contributed by atoms with Crippen molar-refractivity contribution in [2.45, 2.75) is 6.43 Å². The second-order valence-corrected chi connectivity index (χ2v) is 3.36. The van der Waals surface area contributed by atoms with Crippen molar-refractivity contribution in [3.63, 3.8) is 0 Å². The third-order valence-corrected chi connectivity index (χ3v) is 1.89. The summed E-state index contributed by atoms with van der Waals surface area (Å²) in [6, 6.07) is 0. The molecular formula is C4H5F2N3S2. The highest BCUT2D eigenvalue weighted by molar-refractivity contribution is 7.73. The number of nitrogens with zero attached hydrogens (tertiary/aromatic N) is 1. The summed E-state index contributed by atoms with van der Waals surface area (Å²) in [4.78, 5) is 0. The van der Waals surface area contributed by atoms with Gasteiger partial charge in [0.1, 0.15) is 0 Å². The lowest BCUT2D eigenvalue weighted by Crippen LogP contribution is -2.09. The van der Waals surface area contributed by atoms with Gasteiger partial charge in [-0.25, -0.2) is 8.78 Å². The lowest BCUT2D eigenvalue weighted by atomic mass is 10.7. The first-order valence-corrected chi connectivity index (χ1v) is 3.98. The van der Waals surface area contributed by atoms with Gasteiger partial charge in [0.05, 0.1) is 6.54 Å². The molecule has 11 heavy (non-hydrogen) atoms. The van der Waals surface area contributed by atoms with Crippen LogP contribution in [0.3, 0.4) is 0 Å². The van der Waals surface area contributed by atoms with Crippen molar-refractivity contribution in [1.82, 2.24) is 10.2 Å². The fourth-order valence-corrected chi connectivity index (χ4v) is 1.27. The first-order chi connectivity index (χ1) is 5.18. The SMILES string of the molecule is FC(F)CNc1n[nH]c(=S)s1. The van der Waals surface area contributed by atoms with Crippen LogP contribution < -0.4 is 5.32 Å². The summed E-state index contributed by atoms with van der Waals surface area (Å²) < 4.78 is 23.7. The van der Waals surface area contributed by atoms with Gasteiger partial charge in [0.15, 0.2) is 3.95 Å². The molecule has 0 fully saturated rings. The Bertz CT molecular complexity index is 268. The minimum Gasteiger partial charge on any atom is -0.354 e. The maximum atomic E-state index is 11.6. The van der Waals surface area contributed by atoms with Crippen molar-refractivity contribution in [3.8, 4) is 0 Å². The minimum absolute atomic E-state index is 0.393. The predicted octanol–water partition coefficient (Wildman–Crippen LogP) is 1.88. The lowest BCUT2D eigenvalue weighted by molar-refractivity contribution is 0.163. The van der Waals surface area contributed by atoms with E-state index in [-0.39, 0.29) is 0 Å². The maximum Gasteiger partial charge on any atom is 0.255 e. The first-order valence-electron chi connectivity index (χ1n) is 2.76. The van der Waals surface area contributed by atoms with Gasteiger partial charge in [-0.1, -0.05) is 11.3 Å². The molecule has 1 heterocycles. The van der Waals surface area contributed by atoms with Crippen molar-refractivity contribution in [3.05, 3.63) is 3.95 Å². The number of hydrogen-bond acceptors (Lipinski definition) is 4. The standard InChI is InChI=1S/C4H5F2N3S2/c5-2(6)1-7-3-8-9-4(10)11-3/h2H,1H2,(H,7,8)(H,9,10). The number of anilines is 1. The Morgan fingerprint density at radius 1 is 1.73 bits per heavy atom. The largest absolute Gasteiger partial charge is 0.354 e. The van der Waals surface area contributed by atoms with E-state index < -0.39 is 13.0 Å². The molecule has 0 atom stereocenters. The van der Waals surface area contributed by atoms with Crippen LogP contribution in [-0.2, 0) is 0 Å². The smallest absolute Gasteiger partial charge is 0.255 e. The Labute approximate surface area is 70.4 Å². The van der Waals surface area contributed by atoms with Crippen LogP contribution in [0.4, 0.5) is 13.9 Å². The van der Waals surface area contributed by atoms with Gasteiger partial charge in [0.2, 0.25) is 5.13 Å². The van der Waals surface area contributed by atoms with Crippen LogP contribution in [0.2, 0.25) is 0 Å². The number of alkyl halides is 2. The van der Waals surface area contributed by atoms with E-state index in [0.717, 1.165) is 11.3 Å². The summed E-state index contributed by atoms with van der Waals surface area (Å²) in [6.07, 6.45) is -2.37.